The van der Waals surface area contributed by atoms with Gasteiger partial charge >= 0.3 is 6.03 Å². The van der Waals surface area contributed by atoms with Gasteiger partial charge in [-0.3, -0.25) is 4.90 Å². The highest BCUT2D eigenvalue weighted by Gasteiger charge is 2.33. The lowest BCUT2D eigenvalue weighted by atomic mass is 10.2. The van der Waals surface area contributed by atoms with Gasteiger partial charge in [-0.25, -0.2) is 14.2 Å². The average Bonchev–Trinajstić information content (AvgIpc) is 3.31. The Labute approximate surface area is 151 Å². The van der Waals surface area contributed by atoms with E-state index in [1.165, 1.54) is 4.88 Å². The second-order valence-corrected chi connectivity index (χ2v) is 7.44. The molecule has 1 aliphatic rings. The molecule has 6 nitrogen and oxygen atoms in total. The number of likely N-dealkylation sites (N-methyl/N-ethyl adjacent to an activating group) is 1. The van der Waals surface area contributed by atoms with Crippen LogP contribution in [0.1, 0.15) is 11.3 Å². The van der Waals surface area contributed by atoms with Gasteiger partial charge in [-0.15, -0.1) is 11.3 Å². The quantitative estimate of drug-likeness (QED) is 0.818. The van der Waals surface area contributed by atoms with Crippen molar-refractivity contribution in [1.29, 1.82) is 0 Å². The number of nitrogens with zero attached hydrogens (tertiary/aromatic N) is 4. The maximum atomic E-state index is 13.9. The number of amides is 2. The molecule has 136 valence electrons. The van der Waals surface area contributed by atoms with Crippen molar-refractivity contribution in [2.24, 2.45) is 0 Å². The third-order valence-electron chi connectivity index (χ3n) is 4.45. The van der Waals surface area contributed by atoms with Gasteiger partial charge in [-0.2, -0.15) is 0 Å². The highest BCUT2D eigenvalue weighted by atomic mass is 32.1. The normalized spacial score (nSPS) is 20.7. The Morgan fingerprint density at radius 1 is 1.56 bits per heavy atom. The van der Waals surface area contributed by atoms with Crippen molar-refractivity contribution in [1.82, 2.24) is 24.7 Å². The van der Waals surface area contributed by atoms with Gasteiger partial charge in [0.2, 0.25) is 0 Å². The summed E-state index contributed by atoms with van der Waals surface area (Å²) in [4.78, 5) is 21.2. The van der Waals surface area contributed by atoms with Crippen LogP contribution in [-0.2, 0) is 13.1 Å². The van der Waals surface area contributed by atoms with Crippen LogP contribution in [-0.4, -0.2) is 64.3 Å². The standard InChI is InChI=1S/C17H24FN5OS/c1-21(17(24)20-5-7-22-6-4-19-13-22)11-15-9-14(18)10-23(15)12-16-3-2-8-25-16/h2-4,6,8,13-15H,5,7,9-12H2,1H3,(H,20,24)/t14-,15-/m0/s1. The van der Waals surface area contributed by atoms with E-state index in [4.69, 9.17) is 0 Å². The van der Waals surface area contributed by atoms with Crippen LogP contribution in [0.25, 0.3) is 0 Å². The number of rotatable bonds is 7. The number of likely N-dealkylation sites (tertiary alicyclic amines) is 1. The lowest BCUT2D eigenvalue weighted by Gasteiger charge is -2.28. The first-order valence-electron chi connectivity index (χ1n) is 8.47. The van der Waals surface area contributed by atoms with Gasteiger partial charge in [0.25, 0.3) is 0 Å². The first-order chi connectivity index (χ1) is 12.1. The fourth-order valence-corrected chi connectivity index (χ4v) is 3.88. The van der Waals surface area contributed by atoms with Crippen LogP contribution in [0.2, 0.25) is 0 Å². The summed E-state index contributed by atoms with van der Waals surface area (Å²) < 4.78 is 15.8. The summed E-state index contributed by atoms with van der Waals surface area (Å²) in [7, 11) is 1.77. The number of carbonyl (C=O) groups excluding carboxylic acids is 1. The molecule has 1 fully saturated rings. The Bertz CT molecular complexity index is 648. The molecule has 25 heavy (non-hydrogen) atoms. The minimum absolute atomic E-state index is 0.0569. The molecule has 1 saturated heterocycles. The molecule has 0 aliphatic carbocycles. The average molecular weight is 365 g/mol. The van der Waals surface area contributed by atoms with E-state index in [2.05, 4.69) is 21.3 Å². The van der Waals surface area contributed by atoms with Gasteiger partial charge in [0.15, 0.2) is 0 Å². The fourth-order valence-electron chi connectivity index (χ4n) is 3.15. The zero-order valence-electron chi connectivity index (χ0n) is 14.3. The van der Waals surface area contributed by atoms with Crippen LogP contribution < -0.4 is 5.32 Å². The summed E-state index contributed by atoms with van der Waals surface area (Å²) >= 11 is 1.68. The summed E-state index contributed by atoms with van der Waals surface area (Å²) in [6.07, 6.45) is 4.96. The summed E-state index contributed by atoms with van der Waals surface area (Å²) in [5.74, 6) is 0. The van der Waals surface area contributed by atoms with Crippen LogP contribution in [0.3, 0.4) is 0 Å². The van der Waals surface area contributed by atoms with Gasteiger partial charge in [0.1, 0.15) is 6.17 Å². The molecule has 3 rings (SSSR count). The van der Waals surface area contributed by atoms with Crippen molar-refractivity contribution >= 4 is 17.4 Å². The van der Waals surface area contributed by atoms with Crippen molar-refractivity contribution in [2.75, 3.05) is 26.7 Å². The Kier molecular flexibility index (Phi) is 6.04. The SMILES string of the molecule is CN(C[C@@H]1C[C@H](F)CN1Cc1cccs1)C(=O)NCCn1ccnc1. The molecule has 1 N–H and O–H groups in total. The van der Waals surface area contributed by atoms with E-state index in [-0.39, 0.29) is 12.1 Å². The van der Waals surface area contributed by atoms with Gasteiger partial charge in [0.05, 0.1) is 6.33 Å². The number of aromatic nitrogens is 2. The van der Waals surface area contributed by atoms with Gasteiger partial charge in [-0.05, 0) is 17.9 Å². The van der Waals surface area contributed by atoms with Gasteiger partial charge < -0.3 is 14.8 Å². The van der Waals surface area contributed by atoms with Crippen molar-refractivity contribution in [3.63, 3.8) is 0 Å². The molecule has 2 aromatic heterocycles. The highest BCUT2D eigenvalue weighted by molar-refractivity contribution is 7.09. The van der Waals surface area contributed by atoms with Crippen molar-refractivity contribution in [3.8, 4) is 0 Å². The van der Waals surface area contributed by atoms with Crippen molar-refractivity contribution in [3.05, 3.63) is 41.1 Å². The number of imidazole rings is 1. The highest BCUT2D eigenvalue weighted by Crippen LogP contribution is 2.24. The molecule has 0 unspecified atom stereocenters. The van der Waals surface area contributed by atoms with E-state index < -0.39 is 6.17 Å². The minimum Gasteiger partial charge on any atom is -0.336 e. The minimum atomic E-state index is -0.817. The fraction of sp³-hybridized carbons (Fsp3) is 0.529. The molecule has 0 saturated carbocycles. The number of urea groups is 1. The zero-order chi connectivity index (χ0) is 17.6. The van der Waals surface area contributed by atoms with E-state index in [1.54, 1.807) is 35.8 Å². The second kappa shape index (κ2) is 8.44. The summed E-state index contributed by atoms with van der Waals surface area (Å²) in [5.41, 5.74) is 0. The van der Waals surface area contributed by atoms with Crippen LogP contribution >= 0.6 is 11.3 Å². The number of nitrogens with one attached hydrogen (secondary N) is 1. The van der Waals surface area contributed by atoms with Crippen molar-refractivity contribution in [2.45, 2.75) is 31.7 Å². The monoisotopic (exact) mass is 365 g/mol. The molecule has 2 amide bonds. The molecule has 0 aromatic carbocycles. The molecule has 3 heterocycles. The Morgan fingerprint density at radius 3 is 3.16 bits per heavy atom. The molecule has 0 radical (unpaired) electrons. The first-order valence-corrected chi connectivity index (χ1v) is 9.35. The first kappa shape index (κ1) is 17.9. The number of halogens is 1. The molecule has 8 heteroatoms. The van der Waals surface area contributed by atoms with Gasteiger partial charge in [0, 0.05) is 63.1 Å². The topological polar surface area (TPSA) is 53.4 Å². The number of thiophene rings is 1. The lowest BCUT2D eigenvalue weighted by molar-refractivity contribution is 0.175. The van der Waals surface area contributed by atoms with E-state index in [0.717, 1.165) is 6.54 Å². The number of carbonyl (C=O) groups is 1. The molecule has 1 aliphatic heterocycles. The molecule has 0 bridgehead atoms. The van der Waals surface area contributed by atoms with Crippen LogP contribution in [0, 0.1) is 0 Å². The predicted molar refractivity (Wildman–Crippen MR) is 96.3 cm³/mol. The summed E-state index contributed by atoms with van der Waals surface area (Å²) in [6, 6.07) is 4.01. The van der Waals surface area contributed by atoms with E-state index in [1.807, 2.05) is 22.2 Å². The zero-order valence-corrected chi connectivity index (χ0v) is 15.2. The molecular formula is C17H24FN5OS. The van der Waals surface area contributed by atoms with Crippen LogP contribution in [0.5, 0.6) is 0 Å². The molecule has 2 aromatic rings. The van der Waals surface area contributed by atoms with Crippen molar-refractivity contribution < 1.29 is 9.18 Å². The Morgan fingerprint density at radius 2 is 2.44 bits per heavy atom. The Hall–Kier alpha value is -1.93. The summed E-state index contributed by atoms with van der Waals surface area (Å²) in [6.45, 7) is 2.94. The molecule has 0 spiro atoms. The van der Waals surface area contributed by atoms with Crippen LogP contribution in [0.4, 0.5) is 9.18 Å². The predicted octanol–water partition coefficient (Wildman–Crippen LogP) is 2.20. The van der Waals surface area contributed by atoms with E-state index in [0.29, 0.717) is 32.6 Å². The number of alkyl halides is 1. The van der Waals surface area contributed by atoms with Crippen LogP contribution in [0.15, 0.2) is 36.2 Å². The number of hydrogen-bond donors (Lipinski definition) is 1. The smallest absolute Gasteiger partial charge is 0.317 e. The maximum absolute atomic E-state index is 13.9. The summed E-state index contributed by atoms with van der Waals surface area (Å²) in [5, 5.41) is 4.93. The van der Waals surface area contributed by atoms with E-state index >= 15 is 0 Å². The Balaban J connectivity index is 1.46. The maximum Gasteiger partial charge on any atom is 0.317 e. The lowest BCUT2D eigenvalue weighted by Crippen LogP contribution is -2.45. The van der Waals surface area contributed by atoms with E-state index in [9.17, 15) is 9.18 Å². The number of hydrogen-bond acceptors (Lipinski definition) is 4. The third-order valence-corrected chi connectivity index (χ3v) is 5.31. The largest absolute Gasteiger partial charge is 0.336 e. The molecular weight excluding hydrogens is 341 g/mol. The molecule has 2 atom stereocenters. The second-order valence-electron chi connectivity index (χ2n) is 6.41. The third kappa shape index (κ3) is 5.02. The van der Waals surface area contributed by atoms with Gasteiger partial charge in [-0.1, -0.05) is 6.07 Å².